The van der Waals surface area contributed by atoms with Gasteiger partial charge in [-0.25, -0.2) is 27.4 Å². The summed E-state index contributed by atoms with van der Waals surface area (Å²) in [5.74, 6) is -0.442. The lowest BCUT2D eigenvalue weighted by Crippen LogP contribution is -2.66. The molecule has 1 aromatic rings. The van der Waals surface area contributed by atoms with Crippen molar-refractivity contribution < 1.29 is 118 Å². The van der Waals surface area contributed by atoms with Crippen molar-refractivity contribution in [1.82, 2.24) is 4.98 Å². The van der Waals surface area contributed by atoms with E-state index in [1.807, 2.05) is 0 Å². The topological polar surface area (TPSA) is 457 Å². The Kier molecular flexibility index (Phi) is 14.7. The lowest BCUT2D eigenvalue weighted by molar-refractivity contribution is -0.202. The first-order chi connectivity index (χ1) is 19.9. The number of amides is 1. The molecule has 2 rings (SSSR count). The summed E-state index contributed by atoms with van der Waals surface area (Å²) in [7, 11) is -36.1. The number of carbonyl (C=O) groups excluding carboxylic acids is 1. The molecule has 0 saturated heterocycles. The van der Waals surface area contributed by atoms with Gasteiger partial charge in [-0.15, -0.1) is 0 Å². The molecule has 0 aliphatic heterocycles. The molecule has 0 unspecified atom stereocenters. The van der Waals surface area contributed by atoms with Crippen molar-refractivity contribution in [1.29, 1.82) is 0 Å². The van der Waals surface area contributed by atoms with E-state index in [0.717, 1.165) is 0 Å². The molecule has 1 aliphatic carbocycles. The molecule has 0 bridgehead atoms. The average Bonchev–Trinajstić information content (AvgIpc) is 2.77. The fourth-order valence-electron chi connectivity index (χ4n) is 3.30. The average molecular weight is 782 g/mol. The van der Waals surface area contributed by atoms with Gasteiger partial charge in [0.05, 0.1) is 5.56 Å². The van der Waals surface area contributed by atoms with Gasteiger partial charge in [-0.1, -0.05) is 0 Å². The quantitative estimate of drug-likeness (QED) is 0.0889. The number of pyridine rings is 1. The van der Waals surface area contributed by atoms with E-state index in [-0.39, 0.29) is 0 Å². The van der Waals surface area contributed by atoms with Crippen LogP contribution in [0.1, 0.15) is 10.4 Å². The standard InChI is InChI=1S/C6H6N2O.C6H18O24P6/c7-6(9)5-2-1-3-8-4-5;7-31(8,9)25-1-2(26-32(10,11)12)4(28-34(16,17)18)6(30-36(22,23)24)5(29-35(19,20)21)3(1)27-33(13,14)15/h1-4H,(H2,7,9);1-6H,(H2,7,8,9)(H2,10,11,12)(H2,13,14,15)(H2,16,17,18)(H2,19,20,21)(H2,22,23,24). The number of hydrogen-bond acceptors (Lipinski definition) is 14. The number of phosphoric ester groups is 6. The van der Waals surface area contributed by atoms with Crippen molar-refractivity contribution in [3.05, 3.63) is 30.1 Å². The van der Waals surface area contributed by atoms with Gasteiger partial charge in [0, 0.05) is 12.4 Å². The Morgan fingerprint density at radius 3 is 0.867 bits per heavy atom. The largest absolute Gasteiger partial charge is 0.470 e. The van der Waals surface area contributed by atoms with Crippen LogP contribution in [0.3, 0.4) is 0 Å². The predicted molar refractivity (Wildman–Crippen MR) is 134 cm³/mol. The summed E-state index contributed by atoms with van der Waals surface area (Å²) < 4.78 is 93.1. The van der Waals surface area contributed by atoms with Crippen molar-refractivity contribution >= 4 is 52.8 Å². The summed E-state index contributed by atoms with van der Waals surface area (Å²) in [5, 5.41) is 0. The molecule has 0 spiro atoms. The van der Waals surface area contributed by atoms with Gasteiger partial charge >= 0.3 is 46.9 Å². The first-order valence-corrected chi connectivity index (χ1v) is 19.7. The van der Waals surface area contributed by atoms with Gasteiger partial charge in [0.15, 0.2) is 0 Å². The van der Waals surface area contributed by atoms with E-state index in [0.29, 0.717) is 5.56 Å². The Morgan fingerprint density at radius 1 is 0.533 bits per heavy atom. The fraction of sp³-hybridized carbons (Fsp3) is 0.500. The number of carbonyl (C=O) groups is 1. The number of aromatic nitrogens is 1. The van der Waals surface area contributed by atoms with Crippen LogP contribution >= 0.6 is 46.9 Å². The molecule has 45 heavy (non-hydrogen) atoms. The second-order valence-corrected chi connectivity index (χ2v) is 15.1. The lowest BCUT2D eigenvalue weighted by Gasteiger charge is -2.48. The van der Waals surface area contributed by atoms with Crippen molar-refractivity contribution in [2.24, 2.45) is 5.73 Å². The zero-order valence-corrected chi connectivity index (χ0v) is 26.5. The van der Waals surface area contributed by atoms with E-state index in [4.69, 9.17) is 64.5 Å². The summed E-state index contributed by atoms with van der Waals surface area (Å²) in [4.78, 5) is 124. The van der Waals surface area contributed by atoms with E-state index >= 15 is 0 Å². The maximum Gasteiger partial charge on any atom is 0.470 e. The third-order valence-corrected chi connectivity index (χ3v) is 7.55. The molecular formula is C12H24N2O25P6. The second-order valence-electron chi connectivity index (χ2n) is 7.97. The first kappa shape index (κ1) is 42.3. The van der Waals surface area contributed by atoms with Gasteiger partial charge < -0.3 is 64.5 Å². The Balaban J connectivity index is 0.000000956. The Labute approximate surface area is 248 Å². The smallest absolute Gasteiger partial charge is 0.366 e. The van der Waals surface area contributed by atoms with Gasteiger partial charge in [0.25, 0.3) is 0 Å². The zero-order chi connectivity index (χ0) is 35.4. The van der Waals surface area contributed by atoms with Crippen molar-refractivity contribution in [3.8, 4) is 0 Å². The van der Waals surface area contributed by atoms with Crippen molar-refractivity contribution in [3.63, 3.8) is 0 Å². The molecule has 0 aromatic carbocycles. The number of primary amides is 1. The van der Waals surface area contributed by atoms with Gasteiger partial charge in [-0.2, -0.15) is 0 Å². The van der Waals surface area contributed by atoms with Gasteiger partial charge in [0.1, 0.15) is 36.6 Å². The number of rotatable bonds is 13. The van der Waals surface area contributed by atoms with E-state index in [1.165, 1.54) is 6.20 Å². The summed E-state index contributed by atoms with van der Waals surface area (Å²) in [6.07, 6.45) is -15.8. The summed E-state index contributed by atoms with van der Waals surface area (Å²) in [5.41, 5.74) is 5.38. The summed E-state index contributed by atoms with van der Waals surface area (Å²) in [6.45, 7) is 0. The third-order valence-electron chi connectivity index (χ3n) is 4.44. The first-order valence-electron chi connectivity index (χ1n) is 10.5. The van der Waals surface area contributed by atoms with Crippen LogP contribution in [-0.4, -0.2) is 106 Å². The van der Waals surface area contributed by atoms with E-state index in [2.05, 4.69) is 32.1 Å². The highest BCUT2D eigenvalue weighted by molar-refractivity contribution is 7.47. The molecule has 14 N–H and O–H groups in total. The summed E-state index contributed by atoms with van der Waals surface area (Å²) in [6, 6.07) is 3.29. The molecule has 0 radical (unpaired) electrons. The van der Waals surface area contributed by atoms with Crippen LogP contribution in [0.4, 0.5) is 0 Å². The highest BCUT2D eigenvalue weighted by Gasteiger charge is 2.62. The SMILES string of the molecule is NC(=O)c1cccnc1.O=P(O)(O)OC1C(OP(=O)(O)O)C(OP(=O)(O)O)C(OP(=O)(O)O)C(OP(=O)(O)O)C1OP(=O)(O)O. The maximum atomic E-state index is 11.4. The fourth-order valence-corrected chi connectivity index (χ4v) is 6.64. The molecule has 1 amide bonds. The predicted octanol–water partition coefficient (Wildman–Crippen LogP) is -2.95. The zero-order valence-electron chi connectivity index (χ0n) is 21.2. The molecule has 262 valence electrons. The second kappa shape index (κ2) is 15.7. The lowest BCUT2D eigenvalue weighted by atomic mass is 9.85. The molecular weight excluding hydrogens is 758 g/mol. The van der Waals surface area contributed by atoms with E-state index in [9.17, 15) is 32.2 Å². The molecule has 0 atom stereocenters. The number of nitrogens with zero attached hydrogens (tertiary/aromatic N) is 1. The molecule has 1 fully saturated rings. The number of nitrogens with two attached hydrogens (primary N) is 1. The minimum absolute atomic E-state index is 0.442. The van der Waals surface area contributed by atoms with Crippen molar-refractivity contribution in [2.75, 3.05) is 0 Å². The van der Waals surface area contributed by atoms with Crippen LogP contribution in [-0.2, 0) is 54.5 Å². The van der Waals surface area contributed by atoms with E-state index in [1.54, 1.807) is 18.3 Å². The maximum absolute atomic E-state index is 11.4. The summed E-state index contributed by atoms with van der Waals surface area (Å²) >= 11 is 0. The van der Waals surface area contributed by atoms with Crippen LogP contribution in [0, 0.1) is 0 Å². The number of hydrogen-bond donors (Lipinski definition) is 13. The molecule has 1 heterocycles. The Morgan fingerprint density at radius 2 is 0.756 bits per heavy atom. The van der Waals surface area contributed by atoms with Crippen LogP contribution in [0.5, 0.6) is 0 Å². The van der Waals surface area contributed by atoms with Crippen LogP contribution < -0.4 is 5.73 Å². The minimum atomic E-state index is -6.02. The Hall–Kier alpha value is -0.720. The van der Waals surface area contributed by atoms with E-state index < -0.39 is 89.5 Å². The molecule has 33 heteroatoms. The van der Waals surface area contributed by atoms with Crippen molar-refractivity contribution in [2.45, 2.75) is 36.6 Å². The number of phosphoric acid groups is 6. The Bertz CT molecular complexity index is 1210. The minimum Gasteiger partial charge on any atom is -0.366 e. The van der Waals surface area contributed by atoms with Gasteiger partial charge in [-0.05, 0) is 12.1 Å². The van der Waals surface area contributed by atoms with Gasteiger partial charge in [-0.3, -0.25) is 36.9 Å². The third kappa shape index (κ3) is 17.3. The molecule has 1 aromatic heterocycles. The molecule has 1 saturated carbocycles. The normalized spacial score (nSPS) is 25.2. The van der Waals surface area contributed by atoms with Crippen LogP contribution in [0.2, 0.25) is 0 Å². The molecule has 27 nitrogen and oxygen atoms in total. The highest BCUT2D eigenvalue weighted by atomic mass is 31.2. The van der Waals surface area contributed by atoms with Crippen LogP contribution in [0.25, 0.3) is 0 Å². The van der Waals surface area contributed by atoms with Crippen LogP contribution in [0.15, 0.2) is 24.5 Å². The highest BCUT2D eigenvalue weighted by Crippen LogP contribution is 2.57. The monoisotopic (exact) mass is 782 g/mol. The van der Waals surface area contributed by atoms with Gasteiger partial charge in [0.2, 0.25) is 5.91 Å². The molecule has 1 aliphatic rings.